The molecule has 0 aliphatic rings. The fraction of sp³-hybridized carbons (Fsp3) is 0.0769. The molecule has 0 radical (unpaired) electrons. The zero-order valence-electron chi connectivity index (χ0n) is 10.5. The van der Waals surface area contributed by atoms with Gasteiger partial charge in [-0.1, -0.05) is 22.0 Å². The lowest BCUT2D eigenvalue weighted by atomic mass is 10.2. The van der Waals surface area contributed by atoms with Gasteiger partial charge >= 0.3 is 0 Å². The monoisotopic (exact) mass is 377 g/mol. The molecule has 2 aromatic rings. The van der Waals surface area contributed by atoms with Crippen molar-refractivity contribution in [3.63, 3.8) is 0 Å². The van der Waals surface area contributed by atoms with Gasteiger partial charge in [-0.25, -0.2) is 22.3 Å². The Kier molecular flexibility index (Phi) is 4.60. The van der Waals surface area contributed by atoms with Crippen LogP contribution in [0.5, 0.6) is 5.75 Å². The summed E-state index contributed by atoms with van der Waals surface area (Å²) in [5, 5.41) is 5.08. The van der Waals surface area contributed by atoms with E-state index in [1.807, 2.05) is 0 Å². The van der Waals surface area contributed by atoms with Crippen molar-refractivity contribution in [2.45, 2.75) is 11.5 Å². The van der Waals surface area contributed by atoms with Gasteiger partial charge in [-0.2, -0.15) is 0 Å². The average Bonchev–Trinajstić information content (AvgIpc) is 2.38. The zero-order chi connectivity index (χ0) is 15.6. The fourth-order valence-electron chi connectivity index (χ4n) is 1.64. The topological polar surface area (TPSA) is 69.4 Å². The first kappa shape index (κ1) is 15.9. The van der Waals surface area contributed by atoms with E-state index in [0.717, 1.165) is 12.1 Å². The second-order valence-corrected chi connectivity index (χ2v) is 6.57. The smallest absolute Gasteiger partial charge is 0.241 e. The summed E-state index contributed by atoms with van der Waals surface area (Å²) in [7, 11) is -4.02. The van der Waals surface area contributed by atoms with Gasteiger partial charge in [0, 0.05) is 4.47 Å². The number of rotatable bonds is 4. The maximum atomic E-state index is 13.5. The van der Waals surface area contributed by atoms with E-state index in [-0.39, 0.29) is 16.2 Å². The number of hydrogen-bond acceptors (Lipinski definition) is 3. The predicted octanol–water partition coefficient (Wildman–Crippen LogP) is 2.95. The van der Waals surface area contributed by atoms with Crippen LogP contribution in [0.15, 0.2) is 45.8 Å². The third kappa shape index (κ3) is 3.78. The number of ether oxygens (including phenoxy) is 1. The molecule has 0 aliphatic heterocycles. The fourth-order valence-corrected chi connectivity index (χ4v) is 2.85. The molecule has 8 heteroatoms. The molecule has 21 heavy (non-hydrogen) atoms. The predicted molar refractivity (Wildman–Crippen MR) is 76.2 cm³/mol. The van der Waals surface area contributed by atoms with Gasteiger partial charge in [0.25, 0.3) is 0 Å². The Balaban J connectivity index is 2.33. The third-order valence-electron chi connectivity index (χ3n) is 2.65. The van der Waals surface area contributed by atoms with Crippen LogP contribution in [0, 0.1) is 11.6 Å². The van der Waals surface area contributed by atoms with E-state index in [4.69, 9.17) is 9.88 Å². The molecule has 2 rings (SSSR count). The highest BCUT2D eigenvalue weighted by Crippen LogP contribution is 2.27. The van der Waals surface area contributed by atoms with Crippen LogP contribution in [0.4, 0.5) is 8.78 Å². The van der Waals surface area contributed by atoms with Gasteiger partial charge in [0.05, 0.1) is 5.56 Å². The van der Waals surface area contributed by atoms with Crippen LogP contribution in [0.3, 0.4) is 0 Å². The largest absolute Gasteiger partial charge is 0.487 e. The molecule has 0 bridgehead atoms. The maximum Gasteiger partial charge on any atom is 0.241 e. The molecule has 112 valence electrons. The van der Waals surface area contributed by atoms with Gasteiger partial charge in [-0.3, -0.25) is 0 Å². The minimum Gasteiger partial charge on any atom is -0.487 e. The van der Waals surface area contributed by atoms with Crippen LogP contribution in [0.25, 0.3) is 0 Å². The van der Waals surface area contributed by atoms with Crippen molar-refractivity contribution >= 4 is 26.0 Å². The Labute approximate surface area is 128 Å². The highest BCUT2D eigenvalue weighted by atomic mass is 79.9. The number of benzene rings is 2. The summed E-state index contributed by atoms with van der Waals surface area (Å²) in [6, 6.07) is 7.53. The molecule has 0 fully saturated rings. The van der Waals surface area contributed by atoms with Crippen molar-refractivity contribution in [1.29, 1.82) is 0 Å². The first-order valence-electron chi connectivity index (χ1n) is 5.67. The number of halogens is 3. The molecule has 4 nitrogen and oxygen atoms in total. The van der Waals surface area contributed by atoms with Crippen molar-refractivity contribution in [2.75, 3.05) is 0 Å². The first-order chi connectivity index (χ1) is 9.79. The van der Waals surface area contributed by atoms with E-state index < -0.39 is 28.3 Å². The van der Waals surface area contributed by atoms with Gasteiger partial charge in [-0.05, 0) is 30.3 Å². The molecular formula is C13H10BrF2NO3S. The molecule has 0 saturated carbocycles. The Morgan fingerprint density at radius 1 is 1.14 bits per heavy atom. The lowest BCUT2D eigenvalue weighted by Crippen LogP contribution is -2.14. The van der Waals surface area contributed by atoms with Crippen LogP contribution in [-0.2, 0) is 16.6 Å². The lowest BCUT2D eigenvalue weighted by molar-refractivity contribution is 0.285. The number of nitrogens with two attached hydrogens (primary N) is 1. The van der Waals surface area contributed by atoms with Gasteiger partial charge in [0.15, 0.2) is 0 Å². The van der Waals surface area contributed by atoms with Crippen LogP contribution < -0.4 is 9.88 Å². The summed E-state index contributed by atoms with van der Waals surface area (Å²) in [5.41, 5.74) is -0.291. The molecule has 0 aromatic heterocycles. The van der Waals surface area contributed by atoms with E-state index in [1.54, 1.807) is 0 Å². The van der Waals surface area contributed by atoms with Crippen molar-refractivity contribution < 1.29 is 21.9 Å². The van der Waals surface area contributed by atoms with E-state index >= 15 is 0 Å². The van der Waals surface area contributed by atoms with Crippen molar-refractivity contribution in [1.82, 2.24) is 0 Å². The van der Waals surface area contributed by atoms with Crippen molar-refractivity contribution in [3.8, 4) is 5.75 Å². The van der Waals surface area contributed by atoms with E-state index in [0.29, 0.717) is 4.47 Å². The Morgan fingerprint density at radius 3 is 2.33 bits per heavy atom. The number of sulfonamides is 1. The summed E-state index contributed by atoms with van der Waals surface area (Å²) in [6.45, 7) is -0.456. The van der Waals surface area contributed by atoms with Crippen molar-refractivity contribution in [2.24, 2.45) is 5.14 Å². The third-order valence-corrected chi connectivity index (χ3v) is 4.07. The van der Waals surface area contributed by atoms with Crippen LogP contribution in [-0.4, -0.2) is 8.42 Å². The summed E-state index contributed by atoms with van der Waals surface area (Å²) < 4.78 is 55.6. The molecule has 0 unspecified atom stereocenters. The molecule has 2 aromatic carbocycles. The lowest BCUT2D eigenvalue weighted by Gasteiger charge is -2.11. The van der Waals surface area contributed by atoms with Gasteiger partial charge in [0.2, 0.25) is 10.0 Å². The first-order valence-corrected chi connectivity index (χ1v) is 8.01. The normalized spacial score (nSPS) is 11.4. The molecule has 0 heterocycles. The molecule has 0 aliphatic carbocycles. The Bertz CT molecular complexity index is 761. The number of hydrogen-bond donors (Lipinski definition) is 1. The standard InChI is InChI=1S/C13H10BrF2NO3S/c14-8-4-5-12(13(6-8)21(17,18)19)20-7-9-10(15)2-1-3-11(9)16/h1-6H,7H2,(H2,17,18,19). The van der Waals surface area contributed by atoms with Gasteiger partial charge < -0.3 is 4.74 Å². The number of primary sulfonamides is 1. The SMILES string of the molecule is NS(=O)(=O)c1cc(Br)ccc1OCc1c(F)cccc1F. The van der Waals surface area contributed by atoms with Gasteiger partial charge in [-0.15, -0.1) is 0 Å². The molecule has 0 saturated heterocycles. The summed E-state index contributed by atoms with van der Waals surface area (Å²) in [4.78, 5) is -0.270. The average molecular weight is 378 g/mol. The molecular weight excluding hydrogens is 368 g/mol. The molecule has 2 N–H and O–H groups in total. The quantitative estimate of drug-likeness (QED) is 0.890. The minimum atomic E-state index is -4.02. The van der Waals surface area contributed by atoms with E-state index in [9.17, 15) is 17.2 Å². The highest BCUT2D eigenvalue weighted by molar-refractivity contribution is 9.10. The zero-order valence-corrected chi connectivity index (χ0v) is 12.9. The second kappa shape index (κ2) is 6.08. The van der Waals surface area contributed by atoms with Crippen molar-refractivity contribution in [3.05, 3.63) is 58.1 Å². The highest BCUT2D eigenvalue weighted by Gasteiger charge is 2.17. The van der Waals surface area contributed by atoms with Crippen LogP contribution in [0.1, 0.15) is 5.56 Å². The van der Waals surface area contributed by atoms with Crippen LogP contribution in [0.2, 0.25) is 0 Å². The van der Waals surface area contributed by atoms with E-state index in [2.05, 4.69) is 15.9 Å². The molecule has 0 atom stereocenters. The Hall–Kier alpha value is -1.51. The van der Waals surface area contributed by atoms with Gasteiger partial charge in [0.1, 0.15) is 28.9 Å². The molecule has 0 spiro atoms. The van der Waals surface area contributed by atoms with Crippen LogP contribution >= 0.6 is 15.9 Å². The summed E-state index contributed by atoms with van der Waals surface area (Å²) >= 11 is 3.11. The summed E-state index contributed by atoms with van der Waals surface area (Å²) in [6.07, 6.45) is 0. The summed E-state index contributed by atoms with van der Waals surface area (Å²) in [5.74, 6) is -1.63. The second-order valence-electron chi connectivity index (χ2n) is 4.12. The minimum absolute atomic E-state index is 0.0802. The maximum absolute atomic E-state index is 13.5. The Morgan fingerprint density at radius 2 is 1.76 bits per heavy atom. The molecule has 0 amide bonds. The van der Waals surface area contributed by atoms with E-state index in [1.165, 1.54) is 24.3 Å².